The summed E-state index contributed by atoms with van der Waals surface area (Å²) in [6.07, 6.45) is 3.02. The van der Waals surface area contributed by atoms with Crippen LogP contribution in [0.4, 0.5) is 0 Å². The fourth-order valence-corrected chi connectivity index (χ4v) is 2.76. The third-order valence-corrected chi connectivity index (χ3v) is 3.79. The summed E-state index contributed by atoms with van der Waals surface area (Å²) in [4.78, 5) is 0. The summed E-state index contributed by atoms with van der Waals surface area (Å²) in [6.45, 7) is 6.79. The minimum absolute atomic E-state index is 0.0383. The maximum absolute atomic E-state index is 6.03. The monoisotopic (exact) mass is 293 g/mol. The van der Waals surface area contributed by atoms with Crippen LogP contribution in [0.1, 0.15) is 39.2 Å². The molecule has 1 aromatic rings. The van der Waals surface area contributed by atoms with Crippen molar-refractivity contribution in [2.24, 2.45) is 5.73 Å². The molecule has 21 heavy (non-hydrogen) atoms. The molecule has 118 valence electrons. The van der Waals surface area contributed by atoms with Gasteiger partial charge in [-0.05, 0) is 51.7 Å². The summed E-state index contributed by atoms with van der Waals surface area (Å²) < 4.78 is 17.4. The van der Waals surface area contributed by atoms with Gasteiger partial charge in [-0.15, -0.1) is 0 Å². The molecule has 1 saturated heterocycles. The average Bonchev–Trinajstić information content (AvgIpc) is 2.76. The Morgan fingerprint density at radius 2 is 2.19 bits per heavy atom. The topological polar surface area (TPSA) is 53.7 Å². The fraction of sp³-hybridized carbons (Fsp3) is 0.647. The number of para-hydroxylation sites is 1. The number of hydrogen-bond donors (Lipinski definition) is 1. The van der Waals surface area contributed by atoms with Gasteiger partial charge in [0.1, 0.15) is 6.61 Å². The highest BCUT2D eigenvalue weighted by atomic mass is 16.6. The van der Waals surface area contributed by atoms with E-state index < -0.39 is 0 Å². The van der Waals surface area contributed by atoms with E-state index in [4.69, 9.17) is 19.9 Å². The van der Waals surface area contributed by atoms with Crippen molar-refractivity contribution in [3.8, 4) is 11.5 Å². The van der Waals surface area contributed by atoms with Crippen molar-refractivity contribution < 1.29 is 14.2 Å². The van der Waals surface area contributed by atoms with Gasteiger partial charge < -0.3 is 19.9 Å². The van der Waals surface area contributed by atoms with E-state index in [0.717, 1.165) is 36.3 Å². The quantitative estimate of drug-likeness (QED) is 0.876. The van der Waals surface area contributed by atoms with Crippen molar-refractivity contribution >= 4 is 0 Å². The molecule has 2 rings (SSSR count). The Morgan fingerprint density at radius 1 is 1.43 bits per heavy atom. The van der Waals surface area contributed by atoms with Gasteiger partial charge >= 0.3 is 0 Å². The highest BCUT2D eigenvalue weighted by molar-refractivity contribution is 5.47. The zero-order valence-electron chi connectivity index (χ0n) is 13.5. The standard InChI is InChI=1S/C17H27NO3/c1-12(18)10-13-6-5-7-15(19-4)16(13)20-11-14-8-9-17(2,3)21-14/h5-7,12,14H,8-11,18H2,1-4H3. The van der Waals surface area contributed by atoms with Gasteiger partial charge in [0.15, 0.2) is 11.5 Å². The molecule has 0 radical (unpaired) electrons. The van der Waals surface area contributed by atoms with E-state index in [-0.39, 0.29) is 17.7 Å². The Morgan fingerprint density at radius 3 is 2.76 bits per heavy atom. The van der Waals surface area contributed by atoms with Crippen LogP contribution in [0.3, 0.4) is 0 Å². The van der Waals surface area contributed by atoms with Crippen LogP contribution >= 0.6 is 0 Å². The van der Waals surface area contributed by atoms with Crippen LogP contribution in [0, 0.1) is 0 Å². The average molecular weight is 293 g/mol. The largest absolute Gasteiger partial charge is 0.493 e. The second-order valence-electron chi connectivity index (χ2n) is 6.48. The zero-order valence-corrected chi connectivity index (χ0v) is 13.5. The van der Waals surface area contributed by atoms with Gasteiger partial charge in [0.05, 0.1) is 18.8 Å². The van der Waals surface area contributed by atoms with Crippen LogP contribution in [-0.2, 0) is 11.2 Å². The van der Waals surface area contributed by atoms with Crippen LogP contribution in [0.5, 0.6) is 11.5 Å². The molecule has 1 fully saturated rings. The summed E-state index contributed by atoms with van der Waals surface area (Å²) >= 11 is 0. The van der Waals surface area contributed by atoms with Crippen LogP contribution in [0.2, 0.25) is 0 Å². The lowest BCUT2D eigenvalue weighted by molar-refractivity contribution is -0.0330. The number of ether oxygens (including phenoxy) is 3. The lowest BCUT2D eigenvalue weighted by Gasteiger charge is -2.21. The zero-order chi connectivity index (χ0) is 15.5. The molecule has 1 aliphatic heterocycles. The summed E-state index contributed by atoms with van der Waals surface area (Å²) in [6, 6.07) is 6.01. The van der Waals surface area contributed by atoms with Crippen molar-refractivity contribution in [1.82, 2.24) is 0 Å². The van der Waals surface area contributed by atoms with Crippen molar-refractivity contribution in [3.63, 3.8) is 0 Å². The third kappa shape index (κ3) is 4.35. The molecule has 0 aromatic heterocycles. The minimum Gasteiger partial charge on any atom is -0.493 e. The molecule has 0 aliphatic carbocycles. The highest BCUT2D eigenvalue weighted by Gasteiger charge is 2.32. The summed E-state index contributed by atoms with van der Waals surface area (Å²) in [5, 5.41) is 0. The Bertz CT molecular complexity index is 471. The Labute approximate surface area is 127 Å². The Hall–Kier alpha value is -1.26. The molecular weight excluding hydrogens is 266 g/mol. The van der Waals surface area contributed by atoms with Gasteiger partial charge in [-0.1, -0.05) is 12.1 Å². The molecule has 0 bridgehead atoms. The Kier molecular flexibility index (Phi) is 5.12. The van der Waals surface area contributed by atoms with Crippen molar-refractivity contribution in [3.05, 3.63) is 23.8 Å². The summed E-state index contributed by atoms with van der Waals surface area (Å²) in [5.74, 6) is 1.55. The number of rotatable bonds is 6. The molecule has 0 saturated carbocycles. The van der Waals surface area contributed by atoms with Crippen molar-refractivity contribution in [1.29, 1.82) is 0 Å². The first-order chi connectivity index (χ1) is 9.91. The van der Waals surface area contributed by atoms with Crippen LogP contribution in [0.25, 0.3) is 0 Å². The summed E-state index contributed by atoms with van der Waals surface area (Å²) in [5.41, 5.74) is 6.96. The first kappa shape index (κ1) is 16.1. The second-order valence-corrected chi connectivity index (χ2v) is 6.48. The molecule has 1 heterocycles. The first-order valence-corrected chi connectivity index (χ1v) is 7.63. The van der Waals surface area contributed by atoms with Gasteiger partial charge in [0.2, 0.25) is 0 Å². The van der Waals surface area contributed by atoms with Gasteiger partial charge in [0.25, 0.3) is 0 Å². The minimum atomic E-state index is -0.0383. The predicted molar refractivity (Wildman–Crippen MR) is 84.0 cm³/mol. The lowest BCUT2D eigenvalue weighted by atomic mass is 10.1. The molecule has 4 nitrogen and oxygen atoms in total. The molecule has 0 spiro atoms. The van der Waals surface area contributed by atoms with E-state index in [9.17, 15) is 0 Å². The smallest absolute Gasteiger partial charge is 0.164 e. The van der Waals surface area contributed by atoms with Crippen LogP contribution in [-0.4, -0.2) is 31.5 Å². The highest BCUT2D eigenvalue weighted by Crippen LogP contribution is 2.34. The van der Waals surface area contributed by atoms with Crippen LogP contribution < -0.4 is 15.2 Å². The van der Waals surface area contributed by atoms with E-state index in [0.29, 0.717) is 6.61 Å². The number of methoxy groups -OCH3 is 1. The van der Waals surface area contributed by atoms with Gasteiger partial charge in [-0.25, -0.2) is 0 Å². The lowest BCUT2D eigenvalue weighted by Crippen LogP contribution is -2.24. The number of nitrogens with two attached hydrogens (primary N) is 1. The van der Waals surface area contributed by atoms with Crippen molar-refractivity contribution in [2.75, 3.05) is 13.7 Å². The van der Waals surface area contributed by atoms with E-state index in [2.05, 4.69) is 13.8 Å². The molecule has 1 aromatic carbocycles. The number of benzene rings is 1. The molecule has 2 N–H and O–H groups in total. The maximum atomic E-state index is 6.03. The van der Waals surface area contributed by atoms with Crippen LogP contribution in [0.15, 0.2) is 18.2 Å². The van der Waals surface area contributed by atoms with E-state index >= 15 is 0 Å². The number of hydrogen-bond acceptors (Lipinski definition) is 4. The fourth-order valence-electron chi connectivity index (χ4n) is 2.76. The van der Waals surface area contributed by atoms with Crippen molar-refractivity contribution in [2.45, 2.75) is 57.8 Å². The Balaban J connectivity index is 2.07. The normalized spacial score (nSPS) is 22.0. The van der Waals surface area contributed by atoms with Gasteiger partial charge in [-0.2, -0.15) is 0 Å². The molecule has 1 aliphatic rings. The van der Waals surface area contributed by atoms with E-state index in [1.807, 2.05) is 25.1 Å². The van der Waals surface area contributed by atoms with Gasteiger partial charge in [0, 0.05) is 6.04 Å². The maximum Gasteiger partial charge on any atom is 0.164 e. The molecule has 4 heteroatoms. The first-order valence-electron chi connectivity index (χ1n) is 7.63. The molecular formula is C17H27NO3. The summed E-state index contributed by atoms with van der Waals surface area (Å²) in [7, 11) is 1.66. The third-order valence-electron chi connectivity index (χ3n) is 3.79. The predicted octanol–water partition coefficient (Wildman–Crippen LogP) is 2.92. The SMILES string of the molecule is COc1cccc(CC(C)N)c1OCC1CCC(C)(C)O1. The molecule has 2 unspecified atom stereocenters. The molecule has 0 amide bonds. The van der Waals surface area contributed by atoms with Gasteiger partial charge in [-0.3, -0.25) is 0 Å². The van der Waals surface area contributed by atoms with E-state index in [1.54, 1.807) is 7.11 Å². The second kappa shape index (κ2) is 6.67. The van der Waals surface area contributed by atoms with E-state index in [1.165, 1.54) is 0 Å². The molecule has 2 atom stereocenters.